The molecule has 0 aliphatic carbocycles. The van der Waals surface area contributed by atoms with Crippen molar-refractivity contribution in [2.75, 3.05) is 6.61 Å². The smallest absolute Gasteiger partial charge is 0.185 e. The molecule has 9 heteroatoms. The molecule has 3 heterocycles. The first-order chi connectivity index (χ1) is 21.6. The molecule has 0 saturated carbocycles. The minimum atomic E-state index is -0.333. The van der Waals surface area contributed by atoms with Crippen molar-refractivity contribution in [1.29, 1.82) is 0 Å². The molecule has 0 saturated heterocycles. The highest BCUT2D eigenvalue weighted by Crippen LogP contribution is 2.34. The van der Waals surface area contributed by atoms with Gasteiger partial charge in [0.15, 0.2) is 24.0 Å². The Bertz CT molecular complexity index is 1880. The van der Waals surface area contributed by atoms with Crippen molar-refractivity contribution < 1.29 is 9.53 Å². The van der Waals surface area contributed by atoms with Crippen molar-refractivity contribution in [3.63, 3.8) is 0 Å². The predicted octanol–water partition coefficient (Wildman–Crippen LogP) is 7.18. The van der Waals surface area contributed by atoms with E-state index in [4.69, 9.17) is 14.7 Å². The SMILES string of the molecule is CCCCc1nc2cc(-c3ccccc3)c(C=O)nc2n1Cc1ccc(-c2ccccc2)c(-c2nnnn2C(C)OCC)c1. The maximum Gasteiger partial charge on any atom is 0.185 e. The van der Waals surface area contributed by atoms with Crippen molar-refractivity contribution >= 4 is 17.5 Å². The molecule has 1 atom stereocenters. The maximum absolute atomic E-state index is 12.3. The van der Waals surface area contributed by atoms with Crippen molar-refractivity contribution in [3.8, 4) is 33.6 Å². The highest BCUT2D eigenvalue weighted by atomic mass is 16.5. The summed E-state index contributed by atoms with van der Waals surface area (Å²) in [4.78, 5) is 22.2. The number of rotatable bonds is 12. The lowest BCUT2D eigenvalue weighted by atomic mass is 9.96. The van der Waals surface area contributed by atoms with Gasteiger partial charge in [-0.3, -0.25) is 4.79 Å². The van der Waals surface area contributed by atoms with Crippen LogP contribution in [0, 0.1) is 0 Å². The Morgan fingerprint density at radius 2 is 1.59 bits per heavy atom. The number of carbonyl (C=O) groups is 1. The van der Waals surface area contributed by atoms with E-state index in [0.29, 0.717) is 30.3 Å². The zero-order valence-corrected chi connectivity index (χ0v) is 25.2. The molecule has 6 aromatic rings. The van der Waals surface area contributed by atoms with Crippen molar-refractivity contribution in [3.05, 3.63) is 102 Å². The van der Waals surface area contributed by atoms with Gasteiger partial charge >= 0.3 is 0 Å². The Labute approximate surface area is 256 Å². The lowest BCUT2D eigenvalue weighted by Crippen LogP contribution is -2.13. The van der Waals surface area contributed by atoms with Crippen molar-refractivity contribution in [1.82, 2.24) is 34.7 Å². The summed E-state index contributed by atoms with van der Waals surface area (Å²) in [7, 11) is 0. The number of aromatic nitrogens is 7. The predicted molar refractivity (Wildman–Crippen MR) is 171 cm³/mol. The molecule has 0 bridgehead atoms. The fraction of sp³-hybridized carbons (Fsp3) is 0.257. The Kier molecular flexibility index (Phi) is 8.65. The fourth-order valence-corrected chi connectivity index (χ4v) is 5.59. The van der Waals surface area contributed by atoms with E-state index in [1.807, 2.05) is 68.4 Å². The molecule has 3 aromatic heterocycles. The van der Waals surface area contributed by atoms with Crippen LogP contribution in [0.25, 0.3) is 44.8 Å². The second-order valence-electron chi connectivity index (χ2n) is 10.7. The van der Waals surface area contributed by atoms with Crippen LogP contribution in [0.4, 0.5) is 0 Å². The first-order valence-corrected chi connectivity index (χ1v) is 15.1. The summed E-state index contributed by atoms with van der Waals surface area (Å²) < 4.78 is 9.70. The van der Waals surface area contributed by atoms with Gasteiger partial charge in [0.05, 0.1) is 6.54 Å². The van der Waals surface area contributed by atoms with Crippen LogP contribution in [0.5, 0.6) is 0 Å². The molecule has 0 amide bonds. The number of unbranched alkanes of at least 4 members (excludes halogenated alkanes) is 1. The number of aryl methyl sites for hydroxylation is 1. The van der Waals surface area contributed by atoms with Gasteiger partial charge in [0, 0.05) is 24.2 Å². The largest absolute Gasteiger partial charge is 0.357 e. The number of nitrogens with zero attached hydrogens (tertiary/aromatic N) is 7. The maximum atomic E-state index is 12.3. The van der Waals surface area contributed by atoms with Gasteiger partial charge in [0.2, 0.25) is 0 Å². The number of ether oxygens (including phenoxy) is 1. The zero-order chi connectivity index (χ0) is 30.5. The van der Waals surface area contributed by atoms with Crippen LogP contribution in [0.2, 0.25) is 0 Å². The fourth-order valence-electron chi connectivity index (χ4n) is 5.59. The van der Waals surface area contributed by atoms with Gasteiger partial charge in [0.1, 0.15) is 17.0 Å². The second kappa shape index (κ2) is 13.1. The van der Waals surface area contributed by atoms with E-state index in [9.17, 15) is 4.79 Å². The number of imidazole rings is 1. The Morgan fingerprint density at radius 1 is 0.864 bits per heavy atom. The summed E-state index contributed by atoms with van der Waals surface area (Å²) in [5.74, 6) is 1.57. The topological polar surface area (TPSA) is 101 Å². The molecule has 1 unspecified atom stereocenters. The third-order valence-electron chi connectivity index (χ3n) is 7.78. The molecule has 222 valence electrons. The first-order valence-electron chi connectivity index (χ1n) is 15.1. The number of aldehydes is 1. The number of tetrazole rings is 1. The van der Waals surface area contributed by atoms with E-state index >= 15 is 0 Å². The van der Waals surface area contributed by atoms with Gasteiger partial charge in [-0.05, 0) is 65.1 Å². The quantitative estimate of drug-likeness (QED) is 0.140. The van der Waals surface area contributed by atoms with Gasteiger partial charge in [-0.25, -0.2) is 9.97 Å². The van der Waals surface area contributed by atoms with Crippen LogP contribution in [0.1, 0.15) is 61.7 Å². The Morgan fingerprint density at radius 3 is 2.27 bits per heavy atom. The summed E-state index contributed by atoms with van der Waals surface area (Å²) in [6.07, 6.45) is 3.35. The van der Waals surface area contributed by atoms with Crippen LogP contribution in [-0.4, -0.2) is 47.6 Å². The van der Waals surface area contributed by atoms with E-state index in [-0.39, 0.29) is 6.23 Å². The minimum absolute atomic E-state index is 0.333. The zero-order valence-electron chi connectivity index (χ0n) is 25.2. The molecule has 3 aromatic carbocycles. The summed E-state index contributed by atoms with van der Waals surface area (Å²) in [6.45, 7) is 7.13. The van der Waals surface area contributed by atoms with Gasteiger partial charge < -0.3 is 9.30 Å². The molecule has 6 rings (SSSR count). The molecule has 0 N–H and O–H groups in total. The van der Waals surface area contributed by atoms with Crippen LogP contribution in [-0.2, 0) is 17.7 Å². The van der Waals surface area contributed by atoms with Crippen molar-refractivity contribution in [2.45, 2.75) is 52.8 Å². The lowest BCUT2D eigenvalue weighted by Gasteiger charge is -2.17. The van der Waals surface area contributed by atoms with E-state index in [1.54, 1.807) is 4.68 Å². The Balaban J connectivity index is 1.48. The summed E-state index contributed by atoms with van der Waals surface area (Å²) in [5, 5.41) is 12.7. The first kappa shape index (κ1) is 29.1. The minimum Gasteiger partial charge on any atom is -0.357 e. The van der Waals surface area contributed by atoms with Gasteiger partial charge in [-0.1, -0.05) is 86.1 Å². The summed E-state index contributed by atoms with van der Waals surface area (Å²) in [5.41, 5.74) is 7.61. The molecule has 0 spiro atoms. The molecule has 0 fully saturated rings. The van der Waals surface area contributed by atoms with Gasteiger partial charge in [-0.15, -0.1) is 5.10 Å². The van der Waals surface area contributed by atoms with E-state index in [1.165, 1.54) is 0 Å². The highest BCUT2D eigenvalue weighted by molar-refractivity contribution is 5.91. The number of carbonyl (C=O) groups excluding carboxylic acids is 1. The molecular formula is C35H35N7O2. The molecule has 44 heavy (non-hydrogen) atoms. The summed E-state index contributed by atoms with van der Waals surface area (Å²) >= 11 is 0. The van der Waals surface area contributed by atoms with Gasteiger partial charge in [-0.2, -0.15) is 4.68 Å². The number of hydrogen-bond donors (Lipinski definition) is 0. The highest BCUT2D eigenvalue weighted by Gasteiger charge is 2.21. The molecule has 0 aliphatic heterocycles. The standard InChI is InChI=1S/C35H35N7O2/c1-4-6-17-33-36-31-21-29(27-15-11-8-12-16-27)32(23-43)37-35(31)41(33)22-25-18-19-28(26-13-9-7-10-14-26)30(20-25)34-38-39-40-42(34)24(3)44-5-2/h7-16,18-21,23-24H,4-6,17,22H2,1-3H3. The Hall–Kier alpha value is -5.02. The summed E-state index contributed by atoms with van der Waals surface area (Å²) in [6, 6.07) is 28.4. The van der Waals surface area contributed by atoms with Crippen LogP contribution >= 0.6 is 0 Å². The van der Waals surface area contributed by atoms with E-state index in [0.717, 1.165) is 70.3 Å². The molecule has 9 nitrogen and oxygen atoms in total. The number of hydrogen-bond acceptors (Lipinski definition) is 7. The average Bonchev–Trinajstić information content (AvgIpc) is 3.69. The third-order valence-corrected chi connectivity index (χ3v) is 7.78. The van der Waals surface area contributed by atoms with E-state index < -0.39 is 0 Å². The van der Waals surface area contributed by atoms with Crippen LogP contribution in [0.3, 0.4) is 0 Å². The van der Waals surface area contributed by atoms with Crippen LogP contribution < -0.4 is 0 Å². The average molecular weight is 586 g/mol. The lowest BCUT2D eigenvalue weighted by molar-refractivity contribution is 0.0159. The van der Waals surface area contributed by atoms with Crippen molar-refractivity contribution in [2.24, 2.45) is 0 Å². The second-order valence-corrected chi connectivity index (χ2v) is 10.7. The monoisotopic (exact) mass is 585 g/mol. The number of benzene rings is 3. The molecule has 0 aliphatic rings. The van der Waals surface area contributed by atoms with Crippen LogP contribution in [0.15, 0.2) is 84.9 Å². The third kappa shape index (κ3) is 5.78. The normalized spacial score (nSPS) is 12.1. The number of fused-ring (bicyclic) bond motifs is 1. The number of pyridine rings is 1. The molecule has 0 radical (unpaired) electrons. The van der Waals surface area contributed by atoms with Gasteiger partial charge in [0.25, 0.3) is 0 Å². The molecular weight excluding hydrogens is 550 g/mol. The van der Waals surface area contributed by atoms with E-state index in [2.05, 4.69) is 57.3 Å².